The summed E-state index contributed by atoms with van der Waals surface area (Å²) in [7, 11) is 1.90. The van der Waals surface area contributed by atoms with Crippen LogP contribution in [0.25, 0.3) is 0 Å². The van der Waals surface area contributed by atoms with Crippen LogP contribution in [0, 0.1) is 0 Å². The van der Waals surface area contributed by atoms with Gasteiger partial charge in [0.05, 0.1) is 23.6 Å². The molecule has 7 nitrogen and oxygen atoms in total. The molecule has 1 aliphatic rings. The molecule has 0 radical (unpaired) electrons. The van der Waals surface area contributed by atoms with Crippen LogP contribution >= 0.6 is 0 Å². The van der Waals surface area contributed by atoms with E-state index in [1.54, 1.807) is 11.0 Å². The number of aromatic nitrogens is 5. The van der Waals surface area contributed by atoms with Gasteiger partial charge in [0.1, 0.15) is 12.2 Å². The number of hydrogen-bond donors (Lipinski definition) is 1. The number of nitrogens with zero attached hydrogens (tertiary/aromatic N) is 6. The van der Waals surface area contributed by atoms with Gasteiger partial charge >= 0.3 is 0 Å². The van der Waals surface area contributed by atoms with Crippen LogP contribution in [-0.2, 0) is 13.5 Å². The Bertz CT molecular complexity index is 859. The van der Waals surface area contributed by atoms with E-state index in [-0.39, 0.29) is 6.04 Å². The molecule has 128 valence electrons. The lowest BCUT2D eigenvalue weighted by molar-refractivity contribution is 0.614. The predicted octanol–water partition coefficient (Wildman–Crippen LogP) is 2.86. The van der Waals surface area contributed by atoms with Crippen molar-refractivity contribution in [2.24, 2.45) is 7.05 Å². The molecule has 0 saturated heterocycles. The summed E-state index contributed by atoms with van der Waals surface area (Å²) in [5.74, 6) is 1.53. The van der Waals surface area contributed by atoms with Gasteiger partial charge in [-0.25, -0.2) is 15.0 Å². The SMILES string of the molecule is CCC(Nc1ncc2c(n1)CCN2c1ccccc1)c1ncnn1C. The average molecular weight is 335 g/mol. The number of anilines is 3. The third-order valence-corrected chi connectivity index (χ3v) is 4.55. The zero-order chi connectivity index (χ0) is 17.2. The van der Waals surface area contributed by atoms with Crippen molar-refractivity contribution in [3.05, 3.63) is 54.4 Å². The van der Waals surface area contributed by atoms with Gasteiger partial charge in [0.2, 0.25) is 5.95 Å². The summed E-state index contributed by atoms with van der Waals surface area (Å²) >= 11 is 0. The molecule has 0 amide bonds. The molecule has 7 heteroatoms. The smallest absolute Gasteiger partial charge is 0.223 e. The second kappa shape index (κ2) is 6.51. The summed E-state index contributed by atoms with van der Waals surface area (Å²) in [5.41, 5.74) is 3.34. The lowest BCUT2D eigenvalue weighted by Gasteiger charge is -2.19. The Morgan fingerprint density at radius 3 is 2.76 bits per heavy atom. The average Bonchev–Trinajstić information content (AvgIpc) is 3.26. The molecule has 3 aromatic rings. The highest BCUT2D eigenvalue weighted by molar-refractivity contribution is 5.68. The third-order valence-electron chi connectivity index (χ3n) is 4.55. The van der Waals surface area contributed by atoms with Crippen LogP contribution in [0.1, 0.15) is 30.9 Å². The van der Waals surface area contributed by atoms with Gasteiger partial charge in [0.25, 0.3) is 0 Å². The quantitative estimate of drug-likeness (QED) is 0.773. The first-order valence-electron chi connectivity index (χ1n) is 8.55. The van der Waals surface area contributed by atoms with Crippen molar-refractivity contribution in [3.63, 3.8) is 0 Å². The number of para-hydroxylation sites is 1. The Morgan fingerprint density at radius 1 is 1.20 bits per heavy atom. The molecule has 1 aromatic carbocycles. The first kappa shape index (κ1) is 15.6. The fraction of sp³-hybridized carbons (Fsp3) is 0.333. The van der Waals surface area contributed by atoms with Crippen molar-refractivity contribution in [2.75, 3.05) is 16.8 Å². The molecule has 0 fully saturated rings. The Hall–Kier alpha value is -2.96. The monoisotopic (exact) mass is 335 g/mol. The van der Waals surface area contributed by atoms with Gasteiger partial charge in [-0.15, -0.1) is 0 Å². The van der Waals surface area contributed by atoms with Gasteiger partial charge in [-0.2, -0.15) is 5.10 Å². The van der Waals surface area contributed by atoms with Crippen molar-refractivity contribution in [3.8, 4) is 0 Å². The maximum Gasteiger partial charge on any atom is 0.223 e. The second-order valence-electron chi connectivity index (χ2n) is 6.11. The van der Waals surface area contributed by atoms with E-state index in [2.05, 4.69) is 56.5 Å². The van der Waals surface area contributed by atoms with Gasteiger partial charge in [-0.3, -0.25) is 4.68 Å². The van der Waals surface area contributed by atoms with E-state index >= 15 is 0 Å². The molecule has 1 atom stereocenters. The number of benzene rings is 1. The zero-order valence-electron chi connectivity index (χ0n) is 14.4. The highest BCUT2D eigenvalue weighted by Gasteiger charge is 2.23. The Morgan fingerprint density at radius 2 is 2.04 bits per heavy atom. The van der Waals surface area contributed by atoms with Crippen LogP contribution in [0.4, 0.5) is 17.3 Å². The highest BCUT2D eigenvalue weighted by atomic mass is 15.3. The zero-order valence-corrected chi connectivity index (χ0v) is 14.4. The van der Waals surface area contributed by atoms with Crippen LogP contribution in [0.5, 0.6) is 0 Å². The normalized spacial score (nSPS) is 14.4. The third kappa shape index (κ3) is 2.93. The van der Waals surface area contributed by atoms with E-state index in [0.29, 0.717) is 5.95 Å². The standard InChI is InChI=1S/C18H21N7/c1-3-14(17-20-12-21-24(17)2)22-18-19-11-16-15(23-18)9-10-25(16)13-7-5-4-6-8-13/h4-8,11-12,14H,3,9-10H2,1-2H3,(H,19,22,23). The molecular weight excluding hydrogens is 314 g/mol. The molecule has 1 unspecified atom stereocenters. The molecule has 1 aliphatic heterocycles. The van der Waals surface area contributed by atoms with Crippen LogP contribution in [0.15, 0.2) is 42.9 Å². The maximum absolute atomic E-state index is 4.73. The fourth-order valence-electron chi connectivity index (χ4n) is 3.23. The largest absolute Gasteiger partial charge is 0.344 e. The highest BCUT2D eigenvalue weighted by Crippen LogP contribution is 2.33. The summed E-state index contributed by atoms with van der Waals surface area (Å²) in [5, 5.41) is 7.54. The summed E-state index contributed by atoms with van der Waals surface area (Å²) in [6.07, 6.45) is 5.28. The number of fused-ring (bicyclic) bond motifs is 1. The Balaban J connectivity index is 1.57. The number of nitrogens with one attached hydrogen (secondary N) is 1. The maximum atomic E-state index is 4.73. The second-order valence-corrected chi connectivity index (χ2v) is 6.11. The van der Waals surface area contributed by atoms with Crippen molar-refractivity contribution in [2.45, 2.75) is 25.8 Å². The van der Waals surface area contributed by atoms with E-state index < -0.39 is 0 Å². The van der Waals surface area contributed by atoms with Crippen LogP contribution in [0.2, 0.25) is 0 Å². The van der Waals surface area contributed by atoms with Gasteiger partial charge in [-0.1, -0.05) is 25.1 Å². The van der Waals surface area contributed by atoms with E-state index in [1.165, 1.54) is 5.69 Å². The van der Waals surface area contributed by atoms with E-state index in [1.807, 2.05) is 19.3 Å². The van der Waals surface area contributed by atoms with Crippen LogP contribution in [-0.4, -0.2) is 31.3 Å². The minimum atomic E-state index is 0.0391. The first-order chi connectivity index (χ1) is 12.3. The van der Waals surface area contributed by atoms with Crippen LogP contribution in [0.3, 0.4) is 0 Å². The molecule has 0 bridgehead atoms. The van der Waals surface area contributed by atoms with Crippen molar-refractivity contribution >= 4 is 17.3 Å². The fourth-order valence-corrected chi connectivity index (χ4v) is 3.23. The first-order valence-corrected chi connectivity index (χ1v) is 8.55. The molecule has 0 aliphatic carbocycles. The number of rotatable bonds is 5. The van der Waals surface area contributed by atoms with Gasteiger partial charge < -0.3 is 10.2 Å². The minimum Gasteiger partial charge on any atom is -0.344 e. The van der Waals surface area contributed by atoms with Gasteiger partial charge in [-0.05, 0) is 18.6 Å². The van der Waals surface area contributed by atoms with Gasteiger partial charge in [0.15, 0.2) is 0 Å². The summed E-state index contributed by atoms with van der Waals surface area (Å²) in [6.45, 7) is 3.04. The topological polar surface area (TPSA) is 71.8 Å². The van der Waals surface area contributed by atoms with Crippen molar-refractivity contribution in [1.29, 1.82) is 0 Å². The lowest BCUT2D eigenvalue weighted by Crippen LogP contribution is -2.17. The van der Waals surface area contributed by atoms with E-state index in [9.17, 15) is 0 Å². The van der Waals surface area contributed by atoms with Crippen molar-refractivity contribution < 1.29 is 0 Å². The molecule has 0 saturated carbocycles. The summed E-state index contributed by atoms with van der Waals surface area (Å²) in [6, 6.07) is 10.4. The number of hydrogen-bond acceptors (Lipinski definition) is 6. The predicted molar refractivity (Wildman–Crippen MR) is 96.8 cm³/mol. The molecule has 1 N–H and O–H groups in total. The van der Waals surface area contributed by atoms with E-state index in [0.717, 1.165) is 36.6 Å². The van der Waals surface area contributed by atoms with Crippen molar-refractivity contribution in [1.82, 2.24) is 24.7 Å². The minimum absolute atomic E-state index is 0.0391. The molecular formula is C18H21N7. The Kier molecular flexibility index (Phi) is 4.05. The molecule has 25 heavy (non-hydrogen) atoms. The summed E-state index contributed by atoms with van der Waals surface area (Å²) < 4.78 is 1.78. The molecule has 3 heterocycles. The molecule has 0 spiro atoms. The summed E-state index contributed by atoms with van der Waals surface area (Å²) in [4.78, 5) is 15.9. The molecule has 2 aromatic heterocycles. The molecule has 4 rings (SSSR count). The van der Waals surface area contributed by atoms with Crippen LogP contribution < -0.4 is 10.2 Å². The van der Waals surface area contributed by atoms with Gasteiger partial charge in [0, 0.05) is 25.7 Å². The lowest BCUT2D eigenvalue weighted by atomic mass is 10.2. The number of aryl methyl sites for hydroxylation is 1. The van der Waals surface area contributed by atoms with E-state index in [4.69, 9.17) is 4.98 Å². The Labute approximate surface area is 146 Å².